The van der Waals surface area contributed by atoms with Crippen molar-refractivity contribution in [3.8, 4) is 0 Å². The molecule has 2 rings (SSSR count). The van der Waals surface area contributed by atoms with E-state index in [1.807, 2.05) is 50.7 Å². The van der Waals surface area contributed by atoms with Crippen LogP contribution >= 0.6 is 0 Å². The number of amides is 3. The van der Waals surface area contributed by atoms with E-state index in [0.717, 1.165) is 25.8 Å². The van der Waals surface area contributed by atoms with Gasteiger partial charge in [0.1, 0.15) is 11.6 Å². The number of likely N-dealkylation sites (N-methyl/N-ethyl adjacent to an activating group) is 1. The predicted molar refractivity (Wildman–Crippen MR) is 111 cm³/mol. The highest BCUT2D eigenvalue weighted by Gasteiger charge is 2.39. The molecule has 0 unspecified atom stereocenters. The molecular formula is C21H36N4O4. The number of carbonyl (C=O) groups is 3. The molecule has 0 aliphatic carbocycles. The second-order valence-corrected chi connectivity index (χ2v) is 9.10. The summed E-state index contributed by atoms with van der Waals surface area (Å²) >= 11 is 0. The molecule has 0 bridgehead atoms. The van der Waals surface area contributed by atoms with Crippen LogP contribution in [0.5, 0.6) is 0 Å². The van der Waals surface area contributed by atoms with Crippen LogP contribution in [-0.2, 0) is 14.3 Å². The Hall–Kier alpha value is -2.09. The number of hydrogen-bond donors (Lipinski definition) is 1. The number of rotatable bonds is 5. The Balaban J connectivity index is 1.82. The Bertz CT molecular complexity index is 619. The van der Waals surface area contributed by atoms with Crippen LogP contribution in [0.2, 0.25) is 0 Å². The number of carbonyl (C=O) groups excluding carboxylic acids is 3. The van der Waals surface area contributed by atoms with E-state index in [4.69, 9.17) is 4.74 Å². The Morgan fingerprint density at radius 2 is 1.76 bits per heavy atom. The van der Waals surface area contributed by atoms with Crippen molar-refractivity contribution in [2.24, 2.45) is 0 Å². The molecule has 0 aromatic carbocycles. The fourth-order valence-corrected chi connectivity index (χ4v) is 3.64. The Kier molecular flexibility index (Phi) is 8.07. The monoisotopic (exact) mass is 408 g/mol. The molecule has 0 aromatic rings. The third-order valence-electron chi connectivity index (χ3n) is 5.06. The van der Waals surface area contributed by atoms with Crippen LogP contribution in [0.15, 0.2) is 12.2 Å². The quantitative estimate of drug-likeness (QED) is 0.699. The van der Waals surface area contributed by atoms with Crippen LogP contribution in [-0.4, -0.2) is 90.6 Å². The van der Waals surface area contributed by atoms with Crippen LogP contribution in [0.3, 0.4) is 0 Å². The van der Waals surface area contributed by atoms with Crippen LogP contribution in [0.4, 0.5) is 4.79 Å². The first-order valence-electron chi connectivity index (χ1n) is 10.5. The zero-order valence-corrected chi connectivity index (χ0v) is 18.4. The van der Waals surface area contributed by atoms with Gasteiger partial charge in [-0.15, -0.1) is 0 Å². The molecule has 2 aliphatic heterocycles. The lowest BCUT2D eigenvalue weighted by atomic mass is 10.0. The predicted octanol–water partition coefficient (Wildman–Crippen LogP) is 1.61. The minimum atomic E-state index is -0.579. The molecule has 2 heterocycles. The normalized spacial score (nSPS) is 21.1. The molecule has 3 amide bonds. The van der Waals surface area contributed by atoms with Gasteiger partial charge in [-0.25, -0.2) is 4.79 Å². The second kappa shape index (κ2) is 10.1. The summed E-state index contributed by atoms with van der Waals surface area (Å²) in [5, 5.41) is 3.01. The third-order valence-corrected chi connectivity index (χ3v) is 5.06. The van der Waals surface area contributed by atoms with Gasteiger partial charge in [0.05, 0.1) is 0 Å². The molecule has 2 saturated heterocycles. The highest BCUT2D eigenvalue weighted by Crippen LogP contribution is 2.24. The SMILES string of the molecule is CN(C)C/C=C/C(=O)NC1CCN(C(=O)[C@@H]2CCCN2C(=O)OC(C)(C)C)CC1. The summed E-state index contributed by atoms with van der Waals surface area (Å²) in [5.41, 5.74) is -0.579. The number of likely N-dealkylation sites (tertiary alicyclic amines) is 2. The topological polar surface area (TPSA) is 82.2 Å². The molecule has 29 heavy (non-hydrogen) atoms. The number of piperidine rings is 1. The highest BCUT2D eigenvalue weighted by molar-refractivity contribution is 5.88. The summed E-state index contributed by atoms with van der Waals surface area (Å²) < 4.78 is 5.46. The summed E-state index contributed by atoms with van der Waals surface area (Å²) in [7, 11) is 3.90. The van der Waals surface area contributed by atoms with Crippen LogP contribution in [0.25, 0.3) is 0 Å². The van der Waals surface area contributed by atoms with Gasteiger partial charge in [0.25, 0.3) is 0 Å². The summed E-state index contributed by atoms with van der Waals surface area (Å²) in [6.07, 6.45) is 5.90. The van der Waals surface area contributed by atoms with E-state index in [0.29, 0.717) is 26.1 Å². The Labute approximate surface area is 174 Å². The van der Waals surface area contributed by atoms with Crippen molar-refractivity contribution in [3.05, 3.63) is 12.2 Å². The number of hydrogen-bond acceptors (Lipinski definition) is 5. The fourth-order valence-electron chi connectivity index (χ4n) is 3.64. The highest BCUT2D eigenvalue weighted by atomic mass is 16.6. The summed E-state index contributed by atoms with van der Waals surface area (Å²) in [4.78, 5) is 42.8. The molecule has 1 atom stereocenters. The lowest BCUT2D eigenvalue weighted by Gasteiger charge is -2.36. The molecule has 164 valence electrons. The summed E-state index contributed by atoms with van der Waals surface area (Å²) in [6.45, 7) is 7.92. The van der Waals surface area contributed by atoms with Crippen LogP contribution in [0.1, 0.15) is 46.5 Å². The molecule has 0 aromatic heterocycles. The van der Waals surface area contributed by atoms with Gasteiger partial charge in [0.2, 0.25) is 11.8 Å². The molecule has 2 fully saturated rings. The van der Waals surface area contributed by atoms with Crippen molar-refractivity contribution < 1.29 is 19.1 Å². The van der Waals surface area contributed by atoms with Gasteiger partial charge in [0.15, 0.2) is 0 Å². The minimum absolute atomic E-state index is 0.0102. The first-order chi connectivity index (χ1) is 13.6. The smallest absolute Gasteiger partial charge is 0.410 e. The van der Waals surface area contributed by atoms with Gasteiger partial charge >= 0.3 is 6.09 Å². The van der Waals surface area contributed by atoms with Gasteiger partial charge in [-0.1, -0.05) is 6.08 Å². The largest absolute Gasteiger partial charge is 0.444 e. The lowest BCUT2D eigenvalue weighted by molar-refractivity contribution is -0.137. The van der Waals surface area contributed by atoms with Crippen molar-refractivity contribution in [1.82, 2.24) is 20.0 Å². The average molecular weight is 409 g/mol. The molecule has 0 radical (unpaired) electrons. The summed E-state index contributed by atoms with van der Waals surface area (Å²) in [6, 6.07) is -0.369. The Morgan fingerprint density at radius 1 is 1.10 bits per heavy atom. The van der Waals surface area contributed by atoms with E-state index < -0.39 is 17.7 Å². The zero-order valence-electron chi connectivity index (χ0n) is 18.4. The van der Waals surface area contributed by atoms with Crippen molar-refractivity contribution in [3.63, 3.8) is 0 Å². The van der Waals surface area contributed by atoms with E-state index in [9.17, 15) is 14.4 Å². The number of nitrogens with one attached hydrogen (secondary N) is 1. The van der Waals surface area contributed by atoms with Crippen molar-refractivity contribution in [1.29, 1.82) is 0 Å². The molecule has 8 nitrogen and oxygen atoms in total. The maximum Gasteiger partial charge on any atom is 0.410 e. The molecule has 2 aliphatic rings. The fraction of sp³-hybridized carbons (Fsp3) is 0.762. The third kappa shape index (κ3) is 7.34. The minimum Gasteiger partial charge on any atom is -0.444 e. The average Bonchev–Trinajstić information content (AvgIpc) is 3.10. The summed E-state index contributed by atoms with van der Waals surface area (Å²) in [5.74, 6) is -0.104. The van der Waals surface area contributed by atoms with Crippen LogP contribution in [0, 0.1) is 0 Å². The molecule has 1 N–H and O–H groups in total. The van der Waals surface area contributed by atoms with E-state index in [1.54, 1.807) is 11.0 Å². The van der Waals surface area contributed by atoms with Gasteiger partial charge in [-0.2, -0.15) is 0 Å². The van der Waals surface area contributed by atoms with Crippen molar-refractivity contribution >= 4 is 17.9 Å². The van der Waals surface area contributed by atoms with Gasteiger partial charge in [-0.3, -0.25) is 14.5 Å². The molecule has 8 heteroatoms. The first kappa shape index (κ1) is 23.2. The second-order valence-electron chi connectivity index (χ2n) is 9.10. The molecule has 0 saturated carbocycles. The first-order valence-corrected chi connectivity index (χ1v) is 10.5. The molecule has 0 spiro atoms. The van der Waals surface area contributed by atoms with Crippen LogP contribution < -0.4 is 5.32 Å². The maximum absolute atomic E-state index is 13.0. The van der Waals surface area contributed by atoms with E-state index in [-0.39, 0.29) is 17.9 Å². The van der Waals surface area contributed by atoms with Gasteiger partial charge < -0.3 is 19.9 Å². The van der Waals surface area contributed by atoms with Gasteiger partial charge in [0, 0.05) is 38.3 Å². The maximum atomic E-state index is 13.0. The standard InChI is InChI=1S/C21H36N4O4/c1-21(2,3)29-20(28)25-13-6-8-17(25)19(27)24-14-10-16(11-15-24)22-18(26)9-7-12-23(4)5/h7,9,16-17H,6,8,10-15H2,1-5H3,(H,22,26)/b9-7+/t17-/m0/s1. The van der Waals surface area contributed by atoms with Gasteiger partial charge in [-0.05, 0) is 60.5 Å². The van der Waals surface area contributed by atoms with Crippen molar-refractivity contribution in [2.45, 2.75) is 64.1 Å². The molecular weight excluding hydrogens is 372 g/mol. The number of nitrogens with zero attached hydrogens (tertiary/aromatic N) is 3. The van der Waals surface area contributed by atoms with E-state index in [2.05, 4.69) is 5.32 Å². The number of ether oxygens (including phenoxy) is 1. The van der Waals surface area contributed by atoms with Crippen molar-refractivity contribution in [2.75, 3.05) is 40.3 Å². The van der Waals surface area contributed by atoms with E-state index >= 15 is 0 Å². The van der Waals surface area contributed by atoms with E-state index in [1.165, 1.54) is 0 Å². The zero-order chi connectivity index (χ0) is 21.6. The Morgan fingerprint density at radius 3 is 2.34 bits per heavy atom. The lowest BCUT2D eigenvalue weighted by Crippen LogP contribution is -2.53.